The Morgan fingerprint density at radius 2 is 1.94 bits per heavy atom. The van der Waals surface area contributed by atoms with E-state index in [1.54, 1.807) is 0 Å². The van der Waals surface area contributed by atoms with Crippen LogP contribution in [0.4, 0.5) is 16.2 Å². The number of halogens is 1. The number of pyridine rings is 1. The van der Waals surface area contributed by atoms with Gasteiger partial charge >= 0.3 is 11.9 Å². The summed E-state index contributed by atoms with van der Waals surface area (Å²) in [5.41, 5.74) is 4.67. The summed E-state index contributed by atoms with van der Waals surface area (Å²) in [7, 11) is 0. The minimum Gasteiger partial charge on any atom is -0.481 e. The van der Waals surface area contributed by atoms with E-state index in [0.717, 1.165) is 6.07 Å². The van der Waals surface area contributed by atoms with Crippen LogP contribution in [0.25, 0.3) is 11.2 Å². The molecule has 3 aromatic rings. The van der Waals surface area contributed by atoms with Gasteiger partial charge in [0.05, 0.1) is 24.0 Å². The first-order valence-corrected chi connectivity index (χ1v) is 9.31. The van der Waals surface area contributed by atoms with E-state index >= 15 is 0 Å². The van der Waals surface area contributed by atoms with Crippen molar-refractivity contribution in [2.75, 3.05) is 11.1 Å². The summed E-state index contributed by atoms with van der Waals surface area (Å²) >= 11 is 0. The van der Waals surface area contributed by atoms with Gasteiger partial charge in [-0.1, -0.05) is 0 Å². The van der Waals surface area contributed by atoms with E-state index in [4.69, 9.17) is 15.9 Å². The number of nitrogen functional groups attached to an aromatic ring is 1. The number of fused-ring (bicyclic) bond motifs is 1. The SMILES string of the molecule is Nc1nc2ncc(CNc3ccc(C(=O)NC(CCC(=O)O)C(=O)O)c(F)n3)nc2c(=O)[nH]1. The third kappa shape index (κ3) is 5.72. The molecule has 0 saturated heterocycles. The zero-order valence-electron chi connectivity index (χ0n) is 16.7. The second-order valence-corrected chi connectivity index (χ2v) is 6.67. The summed E-state index contributed by atoms with van der Waals surface area (Å²) in [6, 6.07) is 0.846. The number of carbonyl (C=O) groups excluding carboxylic acids is 1. The van der Waals surface area contributed by atoms with E-state index in [-0.39, 0.29) is 35.9 Å². The Morgan fingerprint density at radius 1 is 1.18 bits per heavy atom. The molecule has 0 aliphatic rings. The zero-order valence-corrected chi connectivity index (χ0v) is 16.7. The Bertz CT molecular complexity index is 1300. The van der Waals surface area contributed by atoms with E-state index in [2.05, 4.69) is 35.6 Å². The summed E-state index contributed by atoms with van der Waals surface area (Å²) in [4.78, 5) is 63.8. The number of H-pyrrole nitrogens is 1. The standard InChI is InChI=1S/C18H17FN8O6/c19-13-8(15(30)24-9(17(32)33)2-4-11(28)29)1-3-10(25-13)21-5-7-6-22-14-12(23-7)16(31)27-18(20)26-14/h1,3,6,9H,2,4-5H2,(H,21,25)(H,24,30)(H,28,29)(H,32,33)(H3,20,22,26,27,31). The van der Waals surface area contributed by atoms with Crippen molar-refractivity contribution in [3.63, 3.8) is 0 Å². The molecule has 1 unspecified atom stereocenters. The van der Waals surface area contributed by atoms with Crippen LogP contribution >= 0.6 is 0 Å². The maximum atomic E-state index is 14.3. The number of hydrogen-bond donors (Lipinski definition) is 6. The largest absolute Gasteiger partial charge is 0.481 e. The van der Waals surface area contributed by atoms with Gasteiger partial charge in [-0.25, -0.2) is 19.7 Å². The second kappa shape index (κ2) is 9.63. The van der Waals surface area contributed by atoms with Crippen molar-refractivity contribution in [3.05, 3.63) is 45.9 Å². The number of aliphatic carboxylic acids is 2. The minimum absolute atomic E-state index is 0.00101. The van der Waals surface area contributed by atoms with Gasteiger partial charge in [0.2, 0.25) is 11.9 Å². The smallest absolute Gasteiger partial charge is 0.326 e. The lowest BCUT2D eigenvalue weighted by atomic mass is 10.1. The predicted molar refractivity (Wildman–Crippen MR) is 110 cm³/mol. The van der Waals surface area contributed by atoms with Crippen molar-refractivity contribution in [3.8, 4) is 0 Å². The number of carboxylic acids is 2. The number of anilines is 2. The first kappa shape index (κ1) is 23.0. The first-order valence-electron chi connectivity index (χ1n) is 9.31. The second-order valence-electron chi connectivity index (χ2n) is 6.67. The van der Waals surface area contributed by atoms with Crippen LogP contribution in [0.3, 0.4) is 0 Å². The van der Waals surface area contributed by atoms with Gasteiger partial charge in [0.1, 0.15) is 11.9 Å². The van der Waals surface area contributed by atoms with Gasteiger partial charge in [0.25, 0.3) is 11.5 Å². The van der Waals surface area contributed by atoms with Gasteiger partial charge in [-0.3, -0.25) is 19.4 Å². The number of aromatic amines is 1. The van der Waals surface area contributed by atoms with Crippen LogP contribution in [0.15, 0.2) is 23.1 Å². The van der Waals surface area contributed by atoms with Crippen molar-refractivity contribution in [1.29, 1.82) is 0 Å². The zero-order chi connectivity index (χ0) is 24.1. The van der Waals surface area contributed by atoms with Crippen LogP contribution < -0.4 is 21.9 Å². The molecular formula is C18H17FN8O6. The fourth-order valence-corrected chi connectivity index (χ4v) is 2.70. The Labute approximate surface area is 183 Å². The molecule has 0 aliphatic heterocycles. The molecule has 0 saturated carbocycles. The van der Waals surface area contributed by atoms with Gasteiger partial charge in [0.15, 0.2) is 11.2 Å². The van der Waals surface area contributed by atoms with E-state index in [1.807, 2.05) is 0 Å². The average molecular weight is 460 g/mol. The van der Waals surface area contributed by atoms with Gasteiger partial charge in [-0.2, -0.15) is 9.37 Å². The van der Waals surface area contributed by atoms with E-state index in [9.17, 15) is 23.6 Å². The highest BCUT2D eigenvalue weighted by atomic mass is 19.1. The van der Waals surface area contributed by atoms with Crippen LogP contribution in [0, 0.1) is 5.95 Å². The molecule has 3 aromatic heterocycles. The lowest BCUT2D eigenvalue weighted by molar-refractivity contribution is -0.140. The van der Waals surface area contributed by atoms with Crippen LogP contribution in [0.2, 0.25) is 0 Å². The lowest BCUT2D eigenvalue weighted by Gasteiger charge is -2.14. The Balaban J connectivity index is 1.68. The molecule has 0 aliphatic carbocycles. The Hall–Kier alpha value is -4.69. The number of hydrogen-bond acceptors (Lipinski definition) is 10. The number of carboxylic acid groups (broad SMARTS) is 2. The summed E-state index contributed by atoms with van der Waals surface area (Å²) in [6.07, 6.45) is 0.471. The molecule has 7 N–H and O–H groups in total. The summed E-state index contributed by atoms with van der Waals surface area (Å²) in [5.74, 6) is -5.01. The van der Waals surface area contributed by atoms with Crippen molar-refractivity contribution >= 4 is 40.8 Å². The number of amides is 1. The quantitative estimate of drug-likeness (QED) is 0.222. The Kier molecular flexibility index (Phi) is 6.71. The lowest BCUT2D eigenvalue weighted by Crippen LogP contribution is -2.41. The highest BCUT2D eigenvalue weighted by molar-refractivity contribution is 5.96. The van der Waals surface area contributed by atoms with Crippen LogP contribution in [-0.2, 0) is 16.1 Å². The highest BCUT2D eigenvalue weighted by Crippen LogP contribution is 2.12. The van der Waals surface area contributed by atoms with Gasteiger partial charge in [0, 0.05) is 6.42 Å². The highest BCUT2D eigenvalue weighted by Gasteiger charge is 2.23. The van der Waals surface area contributed by atoms with Crippen LogP contribution in [0.5, 0.6) is 0 Å². The van der Waals surface area contributed by atoms with Crippen molar-refractivity contribution in [1.82, 2.24) is 30.2 Å². The molecule has 14 nitrogen and oxygen atoms in total. The molecule has 1 atom stereocenters. The maximum absolute atomic E-state index is 14.3. The summed E-state index contributed by atoms with van der Waals surface area (Å²) < 4.78 is 14.3. The maximum Gasteiger partial charge on any atom is 0.326 e. The summed E-state index contributed by atoms with van der Waals surface area (Å²) in [6.45, 7) is 0.00101. The third-order valence-corrected chi connectivity index (χ3v) is 4.28. The third-order valence-electron chi connectivity index (χ3n) is 4.28. The van der Waals surface area contributed by atoms with Gasteiger partial charge in [-0.05, 0) is 18.6 Å². The number of nitrogens with two attached hydrogens (primary N) is 1. The number of rotatable bonds is 9. The molecule has 3 rings (SSSR count). The molecule has 15 heteroatoms. The van der Waals surface area contributed by atoms with E-state index in [1.165, 1.54) is 12.3 Å². The van der Waals surface area contributed by atoms with Crippen molar-refractivity contribution in [2.45, 2.75) is 25.4 Å². The minimum atomic E-state index is -1.51. The van der Waals surface area contributed by atoms with Crippen molar-refractivity contribution < 1.29 is 29.0 Å². The fraction of sp³-hybridized carbons (Fsp3) is 0.222. The monoisotopic (exact) mass is 460 g/mol. The molecular weight excluding hydrogens is 443 g/mol. The van der Waals surface area contributed by atoms with E-state index < -0.39 is 47.4 Å². The molecule has 0 spiro atoms. The van der Waals surface area contributed by atoms with Gasteiger partial charge in [-0.15, -0.1) is 0 Å². The van der Waals surface area contributed by atoms with Crippen LogP contribution in [-0.4, -0.2) is 59.0 Å². The number of carbonyl (C=O) groups is 3. The molecule has 3 heterocycles. The molecule has 0 fully saturated rings. The molecule has 1 amide bonds. The average Bonchev–Trinajstić information content (AvgIpc) is 2.74. The molecule has 0 radical (unpaired) electrons. The molecule has 0 bridgehead atoms. The normalized spacial score (nSPS) is 11.7. The van der Waals surface area contributed by atoms with Gasteiger partial charge < -0.3 is 26.6 Å². The summed E-state index contributed by atoms with van der Waals surface area (Å²) in [5, 5.41) is 22.6. The number of nitrogens with one attached hydrogen (secondary N) is 3. The topological polar surface area (TPSA) is 226 Å². The molecule has 0 aromatic carbocycles. The van der Waals surface area contributed by atoms with E-state index in [0.29, 0.717) is 5.69 Å². The number of aromatic nitrogens is 5. The van der Waals surface area contributed by atoms with Crippen LogP contribution in [0.1, 0.15) is 28.9 Å². The predicted octanol–water partition coefficient (Wildman–Crippen LogP) is -0.511. The Morgan fingerprint density at radius 3 is 2.61 bits per heavy atom. The van der Waals surface area contributed by atoms with Crippen molar-refractivity contribution in [2.24, 2.45) is 0 Å². The molecule has 33 heavy (non-hydrogen) atoms. The fourth-order valence-electron chi connectivity index (χ4n) is 2.70. The molecule has 172 valence electrons. The number of nitrogens with zero attached hydrogens (tertiary/aromatic N) is 4. The first-order chi connectivity index (χ1) is 15.6.